The van der Waals surface area contributed by atoms with Gasteiger partial charge in [-0.2, -0.15) is 0 Å². The van der Waals surface area contributed by atoms with Crippen molar-refractivity contribution < 1.29 is 38.3 Å². The lowest BCUT2D eigenvalue weighted by molar-refractivity contribution is -0.384. The molecule has 0 atom stereocenters. The summed E-state index contributed by atoms with van der Waals surface area (Å²) in [5, 5.41) is 10.3. The summed E-state index contributed by atoms with van der Waals surface area (Å²) < 4.78 is 15.4. The molecule has 1 aliphatic rings. The summed E-state index contributed by atoms with van der Waals surface area (Å²) in [7, 11) is 1.15. The molecule has 2 aromatic rings. The number of thioether (sulfide) groups is 1. The Labute approximate surface area is 197 Å². The second-order valence-corrected chi connectivity index (χ2v) is 7.67. The quantitative estimate of drug-likeness (QED) is 0.179. The Balaban J connectivity index is 1.83. The van der Waals surface area contributed by atoms with E-state index in [0.29, 0.717) is 17.3 Å². The number of amides is 2. The normalized spacial score (nSPS) is 14.3. The van der Waals surface area contributed by atoms with Crippen LogP contribution in [-0.2, 0) is 14.3 Å². The third-order valence-electron chi connectivity index (χ3n) is 4.45. The molecule has 0 saturated carbocycles. The Morgan fingerprint density at radius 3 is 2.59 bits per heavy atom. The van der Waals surface area contributed by atoms with E-state index in [4.69, 9.17) is 9.47 Å². The Morgan fingerprint density at radius 1 is 1.15 bits per heavy atom. The number of nitro groups is 1. The van der Waals surface area contributed by atoms with E-state index in [1.54, 1.807) is 6.92 Å². The predicted octanol–water partition coefficient (Wildman–Crippen LogP) is 3.42. The van der Waals surface area contributed by atoms with Gasteiger partial charge in [0.05, 0.1) is 29.1 Å². The summed E-state index contributed by atoms with van der Waals surface area (Å²) in [6, 6.07) is 9.58. The van der Waals surface area contributed by atoms with E-state index >= 15 is 0 Å². The van der Waals surface area contributed by atoms with Gasteiger partial charge in [-0.05, 0) is 48.5 Å². The van der Waals surface area contributed by atoms with E-state index in [1.807, 2.05) is 0 Å². The van der Waals surface area contributed by atoms with Crippen LogP contribution < -0.4 is 9.47 Å². The van der Waals surface area contributed by atoms with Crippen LogP contribution >= 0.6 is 11.8 Å². The zero-order valence-electron chi connectivity index (χ0n) is 18.0. The zero-order valence-corrected chi connectivity index (χ0v) is 18.8. The smallest absolute Gasteiger partial charge is 0.343 e. The van der Waals surface area contributed by atoms with Gasteiger partial charge in [-0.15, -0.1) is 0 Å². The molecule has 0 radical (unpaired) electrons. The lowest BCUT2D eigenvalue weighted by Crippen LogP contribution is -2.34. The first-order valence-corrected chi connectivity index (χ1v) is 10.6. The van der Waals surface area contributed by atoms with Crippen molar-refractivity contribution in [2.75, 3.05) is 20.3 Å². The summed E-state index contributed by atoms with van der Waals surface area (Å²) in [6.07, 6.45) is 1.44. The fraction of sp³-hybridized carbons (Fsp3) is 0.182. The van der Waals surface area contributed by atoms with Crippen LogP contribution in [0.4, 0.5) is 10.5 Å². The van der Waals surface area contributed by atoms with Crippen molar-refractivity contribution >= 4 is 46.6 Å². The number of non-ortho nitro benzene ring substituents is 1. The molecule has 2 amide bonds. The van der Waals surface area contributed by atoms with E-state index in [9.17, 15) is 29.3 Å². The Hall–Kier alpha value is -4.19. The molecule has 3 rings (SSSR count). The largest absolute Gasteiger partial charge is 0.490 e. The van der Waals surface area contributed by atoms with Gasteiger partial charge in [0.25, 0.3) is 16.8 Å². The van der Waals surface area contributed by atoms with E-state index in [1.165, 1.54) is 42.5 Å². The van der Waals surface area contributed by atoms with Crippen molar-refractivity contribution in [3.8, 4) is 11.5 Å². The van der Waals surface area contributed by atoms with Crippen LogP contribution in [0.25, 0.3) is 6.08 Å². The minimum atomic E-state index is -0.818. The van der Waals surface area contributed by atoms with Gasteiger partial charge < -0.3 is 14.2 Å². The Bertz CT molecular complexity index is 1210. The van der Waals surface area contributed by atoms with Gasteiger partial charge in [0, 0.05) is 12.1 Å². The fourth-order valence-electron chi connectivity index (χ4n) is 2.85. The van der Waals surface area contributed by atoms with Gasteiger partial charge >= 0.3 is 11.9 Å². The minimum absolute atomic E-state index is 0.0139. The topological polar surface area (TPSA) is 142 Å². The van der Waals surface area contributed by atoms with E-state index in [-0.39, 0.29) is 34.3 Å². The molecule has 176 valence electrons. The number of imide groups is 1. The third kappa shape index (κ3) is 5.59. The van der Waals surface area contributed by atoms with Crippen LogP contribution in [0.5, 0.6) is 11.5 Å². The predicted molar refractivity (Wildman–Crippen MR) is 120 cm³/mol. The lowest BCUT2D eigenvalue weighted by Gasteiger charge is -2.12. The molecule has 1 aliphatic heterocycles. The van der Waals surface area contributed by atoms with Crippen LogP contribution in [0.3, 0.4) is 0 Å². The van der Waals surface area contributed by atoms with Gasteiger partial charge in [0.2, 0.25) is 0 Å². The first kappa shape index (κ1) is 24.5. The van der Waals surface area contributed by atoms with Crippen molar-refractivity contribution in [1.82, 2.24) is 4.90 Å². The van der Waals surface area contributed by atoms with Gasteiger partial charge in [-0.1, -0.05) is 12.1 Å². The second kappa shape index (κ2) is 10.6. The second-order valence-electron chi connectivity index (χ2n) is 6.68. The number of nitro benzene ring substituents is 1. The van der Waals surface area contributed by atoms with Crippen molar-refractivity contribution in [2.24, 2.45) is 0 Å². The zero-order chi connectivity index (χ0) is 24.8. The van der Waals surface area contributed by atoms with Crippen molar-refractivity contribution in [2.45, 2.75) is 6.92 Å². The monoisotopic (exact) mass is 486 g/mol. The molecular weight excluding hydrogens is 468 g/mol. The van der Waals surface area contributed by atoms with Gasteiger partial charge in [-0.3, -0.25) is 29.4 Å². The Kier molecular flexibility index (Phi) is 7.64. The van der Waals surface area contributed by atoms with Crippen molar-refractivity contribution in [3.63, 3.8) is 0 Å². The number of esters is 2. The number of methoxy groups -OCH3 is 1. The highest BCUT2D eigenvalue weighted by Gasteiger charge is 2.36. The minimum Gasteiger partial charge on any atom is -0.490 e. The maximum atomic E-state index is 12.5. The molecule has 0 N–H and O–H groups in total. The molecular formula is C22H18N2O9S. The number of carbonyl (C=O) groups is 4. The highest BCUT2D eigenvalue weighted by Crippen LogP contribution is 2.35. The first-order valence-electron chi connectivity index (χ1n) is 9.79. The number of rotatable bonds is 8. The van der Waals surface area contributed by atoms with E-state index in [2.05, 4.69) is 4.74 Å². The molecule has 34 heavy (non-hydrogen) atoms. The number of carbonyl (C=O) groups excluding carboxylic acids is 4. The first-order chi connectivity index (χ1) is 16.2. The van der Waals surface area contributed by atoms with E-state index in [0.717, 1.165) is 18.1 Å². The lowest BCUT2D eigenvalue weighted by atomic mass is 10.1. The summed E-state index contributed by atoms with van der Waals surface area (Å²) in [5.74, 6) is -1.93. The third-order valence-corrected chi connectivity index (χ3v) is 5.36. The fourth-order valence-corrected chi connectivity index (χ4v) is 3.69. The van der Waals surface area contributed by atoms with Crippen LogP contribution in [-0.4, -0.2) is 53.2 Å². The number of hydrogen-bond donors (Lipinski definition) is 0. The summed E-state index contributed by atoms with van der Waals surface area (Å²) in [5.41, 5.74) is 0.207. The highest BCUT2D eigenvalue weighted by molar-refractivity contribution is 8.18. The maximum absolute atomic E-state index is 12.5. The standard InChI is InChI=1S/C22H18N2O9S/c1-3-32-17-9-13(10-18-20(26)23(22(28)34-18)12-19(25)31-2)7-8-16(17)33-21(27)14-5-4-6-15(11-14)24(29)30/h4-11H,3,12H2,1-2H3/b18-10-. The van der Waals surface area contributed by atoms with E-state index < -0.39 is 34.6 Å². The SMILES string of the molecule is CCOc1cc(/C=C2\SC(=O)N(CC(=O)OC)C2=O)ccc1OC(=O)c1cccc([N+](=O)[O-])c1. The molecule has 11 nitrogen and oxygen atoms in total. The molecule has 2 aromatic carbocycles. The molecule has 1 saturated heterocycles. The maximum Gasteiger partial charge on any atom is 0.343 e. The average Bonchev–Trinajstić information content (AvgIpc) is 3.08. The van der Waals surface area contributed by atoms with Gasteiger partial charge in [-0.25, -0.2) is 4.79 Å². The number of ether oxygens (including phenoxy) is 3. The highest BCUT2D eigenvalue weighted by atomic mass is 32.2. The molecule has 12 heteroatoms. The average molecular weight is 486 g/mol. The summed E-state index contributed by atoms with van der Waals surface area (Å²) in [4.78, 5) is 59.7. The van der Waals surface area contributed by atoms with Crippen LogP contribution in [0, 0.1) is 10.1 Å². The van der Waals surface area contributed by atoms with Gasteiger partial charge in [0.15, 0.2) is 11.5 Å². The Morgan fingerprint density at radius 2 is 1.91 bits per heavy atom. The molecule has 0 spiro atoms. The molecule has 0 aromatic heterocycles. The number of benzene rings is 2. The number of nitrogens with zero attached hydrogens (tertiary/aromatic N) is 2. The molecule has 1 heterocycles. The van der Waals surface area contributed by atoms with Gasteiger partial charge in [0.1, 0.15) is 6.54 Å². The summed E-state index contributed by atoms with van der Waals surface area (Å²) >= 11 is 0.674. The van der Waals surface area contributed by atoms with Crippen LogP contribution in [0.15, 0.2) is 47.4 Å². The van der Waals surface area contributed by atoms with Crippen LogP contribution in [0.2, 0.25) is 0 Å². The molecule has 0 aliphatic carbocycles. The molecule has 0 unspecified atom stereocenters. The molecule has 0 bridgehead atoms. The summed E-state index contributed by atoms with van der Waals surface area (Å²) in [6.45, 7) is 1.46. The van der Waals surface area contributed by atoms with Crippen LogP contribution in [0.1, 0.15) is 22.8 Å². The molecule has 1 fully saturated rings. The van der Waals surface area contributed by atoms with Crippen molar-refractivity contribution in [1.29, 1.82) is 0 Å². The van der Waals surface area contributed by atoms with Crippen molar-refractivity contribution in [3.05, 3.63) is 68.6 Å². The number of hydrogen-bond acceptors (Lipinski definition) is 10.